The van der Waals surface area contributed by atoms with Crippen LogP contribution in [0.15, 0.2) is 24.3 Å². The van der Waals surface area contributed by atoms with Crippen LogP contribution in [0.3, 0.4) is 0 Å². The molecule has 0 aliphatic heterocycles. The Morgan fingerprint density at radius 3 is 2.64 bits per heavy atom. The first-order chi connectivity index (χ1) is 6.70. The minimum atomic E-state index is -0.402. The van der Waals surface area contributed by atoms with Crippen molar-refractivity contribution in [2.45, 2.75) is 6.92 Å². The number of para-hydroxylation sites is 1. The van der Waals surface area contributed by atoms with Crippen molar-refractivity contribution in [2.75, 3.05) is 18.6 Å². The largest absolute Gasteiger partial charge is 0.452 e. The molecule has 0 aliphatic rings. The van der Waals surface area contributed by atoms with E-state index in [-0.39, 0.29) is 0 Å². The Balaban J connectivity index is 3.01. The number of halogens is 1. The van der Waals surface area contributed by atoms with E-state index in [1.807, 2.05) is 19.1 Å². The summed E-state index contributed by atoms with van der Waals surface area (Å²) in [5.41, 5.74) is 0.670. The molecule has 0 fully saturated rings. The van der Waals surface area contributed by atoms with Gasteiger partial charge in [0, 0.05) is 6.54 Å². The fraction of sp³-hybridized carbons (Fsp3) is 0.300. The van der Waals surface area contributed by atoms with Gasteiger partial charge in [0.2, 0.25) is 0 Å². The first kappa shape index (κ1) is 10.9. The van der Waals surface area contributed by atoms with Crippen LogP contribution < -0.4 is 4.90 Å². The van der Waals surface area contributed by atoms with E-state index in [9.17, 15) is 4.79 Å². The third-order valence-corrected chi connectivity index (χ3v) is 2.17. The van der Waals surface area contributed by atoms with Gasteiger partial charge in [-0.3, -0.25) is 4.90 Å². The van der Waals surface area contributed by atoms with E-state index in [0.717, 1.165) is 0 Å². The number of rotatable bonds is 2. The predicted octanol–water partition coefficient (Wildman–Crippen LogP) is 2.93. The molecular weight excluding hydrogens is 202 g/mol. The highest BCUT2D eigenvalue weighted by atomic mass is 35.5. The smallest absolute Gasteiger partial charge is 0.414 e. The lowest BCUT2D eigenvalue weighted by atomic mass is 10.3. The minimum Gasteiger partial charge on any atom is -0.452 e. The summed E-state index contributed by atoms with van der Waals surface area (Å²) in [7, 11) is 1.35. The maximum Gasteiger partial charge on any atom is 0.414 e. The summed E-state index contributed by atoms with van der Waals surface area (Å²) in [6.45, 7) is 2.39. The lowest BCUT2D eigenvalue weighted by Gasteiger charge is -2.20. The Hall–Kier alpha value is -1.22. The standard InChI is InChI=1S/C10H12ClNO2/c1-3-12(10(13)14-2)9-7-5-4-6-8(9)11/h4-7H,3H2,1-2H3. The van der Waals surface area contributed by atoms with E-state index < -0.39 is 6.09 Å². The molecule has 1 rings (SSSR count). The number of hydrogen-bond donors (Lipinski definition) is 0. The fourth-order valence-corrected chi connectivity index (χ4v) is 1.42. The van der Waals surface area contributed by atoms with Crippen LogP contribution in [0.5, 0.6) is 0 Å². The Kier molecular flexibility index (Phi) is 3.77. The average Bonchev–Trinajstić information content (AvgIpc) is 2.21. The second kappa shape index (κ2) is 4.86. The van der Waals surface area contributed by atoms with Gasteiger partial charge < -0.3 is 4.74 Å². The van der Waals surface area contributed by atoms with Crippen LogP contribution in [0, 0.1) is 0 Å². The molecule has 4 heteroatoms. The first-order valence-electron chi connectivity index (χ1n) is 4.30. The number of nitrogens with zero attached hydrogens (tertiary/aromatic N) is 1. The molecule has 0 unspecified atom stereocenters. The third-order valence-electron chi connectivity index (χ3n) is 1.85. The molecule has 0 atom stereocenters. The van der Waals surface area contributed by atoms with Gasteiger partial charge in [0.15, 0.2) is 0 Å². The van der Waals surface area contributed by atoms with Gasteiger partial charge in [0.1, 0.15) is 0 Å². The number of hydrogen-bond acceptors (Lipinski definition) is 2. The van der Waals surface area contributed by atoms with Gasteiger partial charge in [-0.05, 0) is 19.1 Å². The van der Waals surface area contributed by atoms with Crippen molar-refractivity contribution in [1.29, 1.82) is 0 Å². The van der Waals surface area contributed by atoms with Crippen LogP contribution in [-0.2, 0) is 4.74 Å². The van der Waals surface area contributed by atoms with Crippen molar-refractivity contribution in [3.05, 3.63) is 29.3 Å². The minimum absolute atomic E-state index is 0.402. The van der Waals surface area contributed by atoms with Crippen molar-refractivity contribution >= 4 is 23.4 Å². The molecule has 0 aromatic heterocycles. The molecule has 0 spiro atoms. The van der Waals surface area contributed by atoms with Gasteiger partial charge in [-0.25, -0.2) is 4.79 Å². The quantitative estimate of drug-likeness (QED) is 0.756. The molecule has 1 aromatic carbocycles. The summed E-state index contributed by atoms with van der Waals surface area (Å²) in [4.78, 5) is 12.8. The second-order valence-corrected chi connectivity index (χ2v) is 3.07. The Morgan fingerprint density at radius 2 is 2.14 bits per heavy atom. The van der Waals surface area contributed by atoms with E-state index >= 15 is 0 Å². The van der Waals surface area contributed by atoms with Crippen molar-refractivity contribution in [3.8, 4) is 0 Å². The van der Waals surface area contributed by atoms with Crippen molar-refractivity contribution in [3.63, 3.8) is 0 Å². The third kappa shape index (κ3) is 2.17. The molecule has 76 valence electrons. The number of carbonyl (C=O) groups is 1. The molecule has 3 nitrogen and oxygen atoms in total. The van der Waals surface area contributed by atoms with Crippen molar-refractivity contribution in [2.24, 2.45) is 0 Å². The van der Waals surface area contributed by atoms with Gasteiger partial charge >= 0.3 is 6.09 Å². The molecule has 0 N–H and O–H groups in total. The lowest BCUT2D eigenvalue weighted by molar-refractivity contribution is 0.179. The summed E-state index contributed by atoms with van der Waals surface area (Å²) >= 11 is 5.95. The zero-order valence-corrected chi connectivity index (χ0v) is 8.91. The lowest BCUT2D eigenvalue weighted by Crippen LogP contribution is -2.30. The number of methoxy groups -OCH3 is 1. The number of ether oxygens (including phenoxy) is 1. The van der Waals surface area contributed by atoms with Crippen molar-refractivity contribution < 1.29 is 9.53 Å². The van der Waals surface area contributed by atoms with Gasteiger partial charge in [0.25, 0.3) is 0 Å². The second-order valence-electron chi connectivity index (χ2n) is 2.67. The highest BCUT2D eigenvalue weighted by Gasteiger charge is 2.15. The van der Waals surface area contributed by atoms with Crippen LogP contribution in [0.4, 0.5) is 10.5 Å². The maximum absolute atomic E-state index is 11.3. The van der Waals surface area contributed by atoms with Gasteiger partial charge in [-0.15, -0.1) is 0 Å². The van der Waals surface area contributed by atoms with Gasteiger partial charge in [-0.1, -0.05) is 23.7 Å². The van der Waals surface area contributed by atoms with Crippen molar-refractivity contribution in [1.82, 2.24) is 0 Å². The Labute approximate surface area is 88.2 Å². The van der Waals surface area contributed by atoms with E-state index in [1.165, 1.54) is 12.0 Å². The van der Waals surface area contributed by atoms with E-state index in [1.54, 1.807) is 12.1 Å². The van der Waals surface area contributed by atoms with Gasteiger partial charge in [-0.2, -0.15) is 0 Å². The van der Waals surface area contributed by atoms with Crippen LogP contribution in [0.1, 0.15) is 6.92 Å². The molecule has 0 saturated carbocycles. The molecule has 0 heterocycles. The molecule has 14 heavy (non-hydrogen) atoms. The van der Waals surface area contributed by atoms with Gasteiger partial charge in [0.05, 0.1) is 17.8 Å². The number of carbonyl (C=O) groups excluding carboxylic acids is 1. The number of benzene rings is 1. The summed E-state index contributed by atoms with van der Waals surface area (Å²) in [5, 5.41) is 0.541. The topological polar surface area (TPSA) is 29.5 Å². The summed E-state index contributed by atoms with van der Waals surface area (Å²) in [6.07, 6.45) is -0.402. The molecular formula is C10H12ClNO2. The summed E-state index contributed by atoms with van der Waals surface area (Å²) < 4.78 is 4.64. The van der Waals surface area contributed by atoms with E-state index in [4.69, 9.17) is 11.6 Å². The van der Waals surface area contributed by atoms with E-state index in [0.29, 0.717) is 17.3 Å². The molecule has 0 bridgehead atoms. The molecule has 0 saturated heterocycles. The highest BCUT2D eigenvalue weighted by Crippen LogP contribution is 2.25. The molecule has 1 aromatic rings. The Morgan fingerprint density at radius 1 is 1.50 bits per heavy atom. The molecule has 0 aliphatic carbocycles. The van der Waals surface area contributed by atoms with Crippen LogP contribution in [0.25, 0.3) is 0 Å². The SMILES string of the molecule is CCN(C(=O)OC)c1ccccc1Cl. The van der Waals surface area contributed by atoms with Crippen LogP contribution >= 0.6 is 11.6 Å². The average molecular weight is 214 g/mol. The Bertz CT molecular complexity index is 328. The maximum atomic E-state index is 11.3. The summed E-state index contributed by atoms with van der Waals surface area (Å²) in [5.74, 6) is 0. The zero-order chi connectivity index (χ0) is 10.6. The first-order valence-corrected chi connectivity index (χ1v) is 4.68. The predicted molar refractivity (Wildman–Crippen MR) is 56.9 cm³/mol. The number of anilines is 1. The summed E-state index contributed by atoms with van der Waals surface area (Å²) in [6, 6.07) is 7.16. The monoisotopic (exact) mass is 213 g/mol. The molecule has 1 amide bonds. The number of amides is 1. The normalized spacial score (nSPS) is 9.64. The van der Waals surface area contributed by atoms with Crippen LogP contribution in [-0.4, -0.2) is 19.7 Å². The van der Waals surface area contributed by atoms with E-state index in [2.05, 4.69) is 4.74 Å². The van der Waals surface area contributed by atoms with Crippen LogP contribution in [0.2, 0.25) is 5.02 Å². The highest BCUT2D eigenvalue weighted by molar-refractivity contribution is 6.33. The fourth-order valence-electron chi connectivity index (χ4n) is 1.18. The zero-order valence-electron chi connectivity index (χ0n) is 8.16. The molecule has 0 radical (unpaired) electrons.